The second-order valence-corrected chi connectivity index (χ2v) is 5.73. The number of nitrogens with zero attached hydrogens (tertiary/aromatic N) is 2. The Labute approximate surface area is 140 Å². The van der Waals surface area contributed by atoms with Crippen LogP contribution >= 0.6 is 0 Å². The zero-order valence-electron chi connectivity index (χ0n) is 13.9. The molecule has 0 saturated carbocycles. The standard InChI is InChI=1S/C18H22F2N2O2/c1-13-8-16(9-14(2)17(13)24-18(19)20)12-22(6-7-23)11-15-4-3-5-21-10-15/h3-5,8-10,18,23H,6-7,11-12H2,1-2H3. The van der Waals surface area contributed by atoms with E-state index in [0.29, 0.717) is 30.8 Å². The molecule has 0 radical (unpaired) electrons. The van der Waals surface area contributed by atoms with Gasteiger partial charge in [0, 0.05) is 32.0 Å². The highest BCUT2D eigenvalue weighted by molar-refractivity contribution is 5.43. The largest absolute Gasteiger partial charge is 0.434 e. The maximum Gasteiger partial charge on any atom is 0.387 e. The summed E-state index contributed by atoms with van der Waals surface area (Å²) in [5.74, 6) is 0.231. The predicted molar refractivity (Wildman–Crippen MR) is 88.0 cm³/mol. The Hall–Kier alpha value is -2.05. The van der Waals surface area contributed by atoms with Crippen molar-refractivity contribution in [3.05, 3.63) is 58.9 Å². The van der Waals surface area contributed by atoms with Gasteiger partial charge in [0.15, 0.2) is 0 Å². The van der Waals surface area contributed by atoms with Crippen LogP contribution < -0.4 is 4.74 Å². The van der Waals surface area contributed by atoms with E-state index in [4.69, 9.17) is 0 Å². The van der Waals surface area contributed by atoms with E-state index in [0.717, 1.165) is 11.1 Å². The van der Waals surface area contributed by atoms with E-state index in [2.05, 4.69) is 14.6 Å². The van der Waals surface area contributed by atoms with Gasteiger partial charge in [0.2, 0.25) is 0 Å². The van der Waals surface area contributed by atoms with Crippen molar-refractivity contribution in [2.45, 2.75) is 33.5 Å². The lowest BCUT2D eigenvalue weighted by Gasteiger charge is -2.22. The van der Waals surface area contributed by atoms with Crippen LogP contribution in [0.4, 0.5) is 8.78 Å². The molecule has 6 heteroatoms. The van der Waals surface area contributed by atoms with Gasteiger partial charge in [-0.05, 0) is 42.2 Å². The van der Waals surface area contributed by atoms with Gasteiger partial charge < -0.3 is 9.84 Å². The highest BCUT2D eigenvalue weighted by Crippen LogP contribution is 2.27. The minimum atomic E-state index is -2.83. The third-order valence-corrected chi connectivity index (χ3v) is 3.68. The van der Waals surface area contributed by atoms with E-state index < -0.39 is 6.61 Å². The summed E-state index contributed by atoms with van der Waals surface area (Å²) < 4.78 is 29.5. The fraction of sp³-hybridized carbons (Fsp3) is 0.389. The van der Waals surface area contributed by atoms with Gasteiger partial charge in [0.1, 0.15) is 5.75 Å². The molecule has 2 aromatic rings. The molecule has 1 heterocycles. The molecule has 4 nitrogen and oxygen atoms in total. The van der Waals surface area contributed by atoms with Crippen LogP contribution in [0.15, 0.2) is 36.7 Å². The summed E-state index contributed by atoms with van der Waals surface area (Å²) >= 11 is 0. The molecule has 0 spiro atoms. The van der Waals surface area contributed by atoms with Gasteiger partial charge in [-0.2, -0.15) is 8.78 Å². The Kier molecular flexibility index (Phi) is 6.63. The van der Waals surface area contributed by atoms with Crippen molar-refractivity contribution in [1.82, 2.24) is 9.88 Å². The molecular formula is C18H22F2N2O2. The van der Waals surface area contributed by atoms with E-state index in [1.165, 1.54) is 0 Å². The fourth-order valence-electron chi connectivity index (χ4n) is 2.77. The molecule has 0 amide bonds. The molecule has 0 aliphatic carbocycles. The number of hydrogen-bond acceptors (Lipinski definition) is 4. The van der Waals surface area contributed by atoms with Gasteiger partial charge in [-0.15, -0.1) is 0 Å². The van der Waals surface area contributed by atoms with Crippen molar-refractivity contribution < 1.29 is 18.6 Å². The number of rotatable bonds is 8. The van der Waals surface area contributed by atoms with Crippen molar-refractivity contribution >= 4 is 0 Å². The van der Waals surface area contributed by atoms with Crippen molar-refractivity contribution in [1.29, 1.82) is 0 Å². The van der Waals surface area contributed by atoms with Crippen LogP contribution in [-0.4, -0.2) is 34.8 Å². The van der Waals surface area contributed by atoms with Crippen LogP contribution in [-0.2, 0) is 13.1 Å². The van der Waals surface area contributed by atoms with E-state index >= 15 is 0 Å². The fourth-order valence-corrected chi connectivity index (χ4v) is 2.77. The summed E-state index contributed by atoms with van der Waals surface area (Å²) in [6, 6.07) is 7.54. The van der Waals surface area contributed by atoms with E-state index in [-0.39, 0.29) is 12.4 Å². The molecule has 1 aromatic carbocycles. The molecule has 0 fully saturated rings. The molecule has 0 aliphatic heterocycles. The topological polar surface area (TPSA) is 45.6 Å². The lowest BCUT2D eigenvalue weighted by atomic mass is 10.0. The van der Waals surface area contributed by atoms with Crippen LogP contribution in [0, 0.1) is 13.8 Å². The molecule has 1 N–H and O–H groups in total. The van der Waals surface area contributed by atoms with E-state index in [9.17, 15) is 13.9 Å². The number of aliphatic hydroxyl groups is 1. The summed E-state index contributed by atoms with van der Waals surface area (Å²) in [6.45, 7) is 2.50. The monoisotopic (exact) mass is 336 g/mol. The van der Waals surface area contributed by atoms with Gasteiger partial charge in [0.25, 0.3) is 0 Å². The number of pyridine rings is 1. The highest BCUT2D eigenvalue weighted by atomic mass is 19.3. The third kappa shape index (κ3) is 5.25. The number of aromatic nitrogens is 1. The van der Waals surface area contributed by atoms with E-state index in [1.54, 1.807) is 26.2 Å². The summed E-state index contributed by atoms with van der Waals surface area (Å²) in [6.07, 6.45) is 3.51. The Morgan fingerprint density at radius 1 is 1.17 bits per heavy atom. The van der Waals surface area contributed by atoms with Crippen molar-refractivity contribution in [2.75, 3.05) is 13.2 Å². The number of aryl methyl sites for hydroxylation is 2. The van der Waals surface area contributed by atoms with Gasteiger partial charge >= 0.3 is 6.61 Å². The maximum absolute atomic E-state index is 12.5. The average molecular weight is 336 g/mol. The SMILES string of the molecule is Cc1cc(CN(CCO)Cc2cccnc2)cc(C)c1OC(F)F. The Morgan fingerprint density at radius 2 is 1.83 bits per heavy atom. The Balaban J connectivity index is 2.14. The summed E-state index contributed by atoms with van der Waals surface area (Å²) in [5.41, 5.74) is 3.40. The molecule has 0 unspecified atom stereocenters. The number of hydrogen-bond donors (Lipinski definition) is 1. The quantitative estimate of drug-likeness (QED) is 0.803. The van der Waals surface area contributed by atoms with Gasteiger partial charge in [-0.3, -0.25) is 9.88 Å². The lowest BCUT2D eigenvalue weighted by Crippen LogP contribution is -2.26. The molecule has 0 aliphatic rings. The summed E-state index contributed by atoms with van der Waals surface area (Å²) in [4.78, 5) is 6.18. The first kappa shape index (κ1) is 18.3. The molecule has 0 atom stereocenters. The minimum absolute atomic E-state index is 0.0464. The van der Waals surface area contributed by atoms with Crippen LogP contribution in [0.3, 0.4) is 0 Å². The summed E-state index contributed by atoms with van der Waals surface area (Å²) in [5, 5.41) is 9.28. The maximum atomic E-state index is 12.5. The molecule has 1 aromatic heterocycles. The molecule has 2 rings (SSSR count). The third-order valence-electron chi connectivity index (χ3n) is 3.68. The zero-order valence-corrected chi connectivity index (χ0v) is 13.9. The number of halogens is 2. The van der Waals surface area contributed by atoms with Gasteiger partial charge in [0.05, 0.1) is 6.61 Å². The van der Waals surface area contributed by atoms with Crippen LogP contribution in [0.2, 0.25) is 0 Å². The Bertz CT molecular complexity index is 628. The highest BCUT2D eigenvalue weighted by Gasteiger charge is 2.13. The number of aliphatic hydroxyl groups excluding tert-OH is 1. The number of benzene rings is 1. The number of ether oxygens (including phenoxy) is 1. The molecule has 130 valence electrons. The molecular weight excluding hydrogens is 314 g/mol. The average Bonchev–Trinajstić information content (AvgIpc) is 2.52. The van der Waals surface area contributed by atoms with Crippen molar-refractivity contribution in [2.24, 2.45) is 0 Å². The second kappa shape index (κ2) is 8.70. The Morgan fingerprint density at radius 3 is 2.38 bits per heavy atom. The zero-order chi connectivity index (χ0) is 17.5. The number of alkyl halides is 2. The van der Waals surface area contributed by atoms with Gasteiger partial charge in [-0.1, -0.05) is 18.2 Å². The normalized spacial score (nSPS) is 11.3. The lowest BCUT2D eigenvalue weighted by molar-refractivity contribution is -0.0507. The van der Waals surface area contributed by atoms with Gasteiger partial charge in [-0.25, -0.2) is 0 Å². The summed E-state index contributed by atoms with van der Waals surface area (Å²) in [7, 11) is 0. The molecule has 0 saturated heterocycles. The second-order valence-electron chi connectivity index (χ2n) is 5.73. The first-order valence-corrected chi connectivity index (χ1v) is 7.76. The molecule has 24 heavy (non-hydrogen) atoms. The first-order valence-electron chi connectivity index (χ1n) is 7.76. The van der Waals surface area contributed by atoms with Crippen LogP contribution in [0.5, 0.6) is 5.75 Å². The van der Waals surface area contributed by atoms with Crippen molar-refractivity contribution in [3.8, 4) is 5.75 Å². The smallest absolute Gasteiger partial charge is 0.387 e. The van der Waals surface area contributed by atoms with Crippen LogP contribution in [0.25, 0.3) is 0 Å². The minimum Gasteiger partial charge on any atom is -0.434 e. The van der Waals surface area contributed by atoms with Crippen LogP contribution in [0.1, 0.15) is 22.3 Å². The van der Waals surface area contributed by atoms with E-state index in [1.807, 2.05) is 24.3 Å². The predicted octanol–water partition coefficient (Wildman–Crippen LogP) is 3.29. The van der Waals surface area contributed by atoms with Crippen molar-refractivity contribution in [3.63, 3.8) is 0 Å². The molecule has 0 bridgehead atoms. The first-order chi connectivity index (χ1) is 11.5.